The maximum absolute atomic E-state index is 15.2. The molecule has 10 heteroatoms. The Hall–Kier alpha value is -4.70. The summed E-state index contributed by atoms with van der Waals surface area (Å²) in [5, 5.41) is 9.91. The second kappa shape index (κ2) is 12.8. The molecule has 3 saturated carbocycles. The molecule has 0 radical (unpaired) electrons. The zero-order chi connectivity index (χ0) is 32.4. The van der Waals surface area contributed by atoms with E-state index in [1.807, 2.05) is 18.2 Å². The molecule has 3 aliphatic carbocycles. The van der Waals surface area contributed by atoms with E-state index in [0.717, 1.165) is 12.8 Å². The maximum Gasteiger partial charge on any atom is 0.240 e. The second-order valence-corrected chi connectivity index (χ2v) is 13.0. The summed E-state index contributed by atoms with van der Waals surface area (Å²) in [5.41, 5.74) is 0.0132. The summed E-state index contributed by atoms with van der Waals surface area (Å²) < 4.78 is 33.4. The SMILES string of the molecule is COc1cc2c(Oc3ccc(NC(=O)C4(C(=O)Nc5ccccc5)CC4)c(F)c3)ccnc2cc1OCC1(NC2CCCCC2)CC1. The number of anilines is 2. The first-order chi connectivity index (χ1) is 22.9. The van der Waals surface area contributed by atoms with Crippen LogP contribution in [0.5, 0.6) is 23.0 Å². The van der Waals surface area contributed by atoms with Crippen molar-refractivity contribution in [1.82, 2.24) is 10.3 Å². The predicted molar refractivity (Wildman–Crippen MR) is 178 cm³/mol. The fourth-order valence-electron chi connectivity index (χ4n) is 6.35. The number of rotatable bonds is 12. The van der Waals surface area contributed by atoms with Crippen LogP contribution < -0.4 is 30.2 Å². The molecule has 9 nitrogen and oxygen atoms in total. The molecule has 0 bridgehead atoms. The van der Waals surface area contributed by atoms with E-state index in [1.165, 1.54) is 44.2 Å². The highest BCUT2D eigenvalue weighted by atomic mass is 19.1. The maximum atomic E-state index is 15.2. The van der Waals surface area contributed by atoms with Crippen molar-refractivity contribution in [3.8, 4) is 23.0 Å². The lowest BCUT2D eigenvalue weighted by atomic mass is 9.94. The number of halogens is 1. The molecule has 3 fully saturated rings. The summed E-state index contributed by atoms with van der Waals surface area (Å²) in [6.07, 6.45) is 10.9. The molecule has 3 aliphatic rings. The minimum absolute atomic E-state index is 0.0177. The van der Waals surface area contributed by atoms with Crippen molar-refractivity contribution >= 4 is 34.1 Å². The zero-order valence-corrected chi connectivity index (χ0v) is 26.4. The number of benzene rings is 3. The summed E-state index contributed by atoms with van der Waals surface area (Å²) in [5.74, 6) is 0.233. The van der Waals surface area contributed by atoms with Gasteiger partial charge in [-0.3, -0.25) is 14.6 Å². The number of hydrogen-bond donors (Lipinski definition) is 3. The van der Waals surface area contributed by atoms with Gasteiger partial charge in [-0.05, 0) is 74.9 Å². The normalized spacial score (nSPS) is 17.8. The van der Waals surface area contributed by atoms with E-state index in [0.29, 0.717) is 59.3 Å². The van der Waals surface area contributed by atoms with Gasteiger partial charge >= 0.3 is 0 Å². The van der Waals surface area contributed by atoms with E-state index in [1.54, 1.807) is 49.7 Å². The lowest BCUT2D eigenvalue weighted by Gasteiger charge is -2.28. The molecular weight excluding hydrogens is 599 g/mol. The number of nitrogens with zero attached hydrogens (tertiary/aromatic N) is 1. The Morgan fingerprint density at radius 1 is 0.872 bits per heavy atom. The van der Waals surface area contributed by atoms with Crippen molar-refractivity contribution in [3.63, 3.8) is 0 Å². The fourth-order valence-corrected chi connectivity index (χ4v) is 6.35. The van der Waals surface area contributed by atoms with Gasteiger partial charge in [-0.1, -0.05) is 37.5 Å². The Labute approximate surface area is 273 Å². The van der Waals surface area contributed by atoms with Crippen molar-refractivity contribution in [2.45, 2.75) is 69.4 Å². The molecule has 7 rings (SSSR count). The van der Waals surface area contributed by atoms with Crippen LogP contribution in [0.2, 0.25) is 0 Å². The Bertz CT molecular complexity index is 1780. The molecule has 244 valence electrons. The molecule has 3 aromatic carbocycles. The van der Waals surface area contributed by atoms with Crippen molar-refractivity contribution < 1.29 is 28.2 Å². The Morgan fingerprint density at radius 2 is 1.64 bits per heavy atom. The largest absolute Gasteiger partial charge is 0.493 e. The van der Waals surface area contributed by atoms with Gasteiger partial charge in [-0.25, -0.2) is 4.39 Å². The van der Waals surface area contributed by atoms with Crippen LogP contribution in [0.15, 0.2) is 72.9 Å². The zero-order valence-electron chi connectivity index (χ0n) is 26.4. The van der Waals surface area contributed by atoms with Crippen molar-refractivity contribution in [3.05, 3.63) is 78.7 Å². The molecule has 0 spiro atoms. The van der Waals surface area contributed by atoms with E-state index in [4.69, 9.17) is 14.2 Å². The molecule has 0 aliphatic heterocycles. The van der Waals surface area contributed by atoms with Crippen molar-refractivity contribution in [2.24, 2.45) is 5.41 Å². The van der Waals surface area contributed by atoms with Crippen LogP contribution in [0.25, 0.3) is 10.9 Å². The number of carbonyl (C=O) groups excluding carboxylic acids is 2. The number of ether oxygens (including phenoxy) is 3. The van der Waals surface area contributed by atoms with E-state index < -0.39 is 23.0 Å². The van der Waals surface area contributed by atoms with Crippen molar-refractivity contribution in [1.29, 1.82) is 0 Å². The average Bonchev–Trinajstić information content (AvgIpc) is 4.03. The van der Waals surface area contributed by atoms with E-state index in [2.05, 4.69) is 20.9 Å². The van der Waals surface area contributed by atoms with Gasteiger partial charge in [-0.15, -0.1) is 0 Å². The van der Waals surface area contributed by atoms with Crippen LogP contribution >= 0.6 is 0 Å². The molecule has 0 atom stereocenters. The number of para-hydroxylation sites is 1. The minimum Gasteiger partial charge on any atom is -0.493 e. The smallest absolute Gasteiger partial charge is 0.240 e. The molecule has 4 aromatic rings. The van der Waals surface area contributed by atoms with Crippen LogP contribution in [-0.2, 0) is 9.59 Å². The first kappa shape index (κ1) is 30.9. The minimum atomic E-state index is -1.22. The summed E-state index contributed by atoms with van der Waals surface area (Å²) in [4.78, 5) is 30.5. The van der Waals surface area contributed by atoms with Crippen molar-refractivity contribution in [2.75, 3.05) is 24.4 Å². The Kier molecular flexibility index (Phi) is 8.44. The van der Waals surface area contributed by atoms with Crippen LogP contribution in [0.4, 0.5) is 15.8 Å². The third-order valence-corrected chi connectivity index (χ3v) is 9.53. The summed E-state index contributed by atoms with van der Waals surface area (Å²) in [6.45, 7) is 0.558. The first-order valence-corrected chi connectivity index (χ1v) is 16.4. The number of aromatic nitrogens is 1. The van der Waals surface area contributed by atoms with Crippen LogP contribution in [0.1, 0.15) is 57.8 Å². The van der Waals surface area contributed by atoms with Gasteiger partial charge in [0.05, 0.1) is 23.9 Å². The highest BCUT2D eigenvalue weighted by molar-refractivity contribution is 6.17. The van der Waals surface area contributed by atoms with E-state index >= 15 is 4.39 Å². The number of nitrogens with one attached hydrogen (secondary N) is 3. The van der Waals surface area contributed by atoms with Gasteiger partial charge in [0.1, 0.15) is 29.3 Å². The highest BCUT2D eigenvalue weighted by Crippen LogP contribution is 2.48. The summed E-state index contributed by atoms with van der Waals surface area (Å²) in [7, 11) is 1.59. The average molecular weight is 639 g/mol. The predicted octanol–water partition coefficient (Wildman–Crippen LogP) is 7.37. The third kappa shape index (κ3) is 6.74. The molecule has 3 N–H and O–H groups in total. The number of pyridine rings is 1. The van der Waals surface area contributed by atoms with Crippen LogP contribution in [0, 0.1) is 11.2 Å². The third-order valence-electron chi connectivity index (χ3n) is 9.53. The molecule has 0 unspecified atom stereocenters. The van der Waals surface area contributed by atoms with Gasteiger partial charge in [0.2, 0.25) is 11.8 Å². The van der Waals surface area contributed by atoms with E-state index in [-0.39, 0.29) is 17.0 Å². The monoisotopic (exact) mass is 638 g/mol. The van der Waals surface area contributed by atoms with Gasteiger partial charge in [0.15, 0.2) is 11.5 Å². The number of hydrogen-bond acceptors (Lipinski definition) is 7. The van der Waals surface area contributed by atoms with Gasteiger partial charge in [-0.2, -0.15) is 0 Å². The molecule has 1 aromatic heterocycles. The first-order valence-electron chi connectivity index (χ1n) is 16.4. The van der Waals surface area contributed by atoms with Gasteiger partial charge in [0, 0.05) is 35.4 Å². The Morgan fingerprint density at radius 3 is 2.34 bits per heavy atom. The lowest BCUT2D eigenvalue weighted by Crippen LogP contribution is -2.44. The molecule has 2 amide bonds. The highest BCUT2D eigenvalue weighted by Gasteiger charge is 2.56. The standard InChI is InChI=1S/C37H39FN4O5/c1-45-32-21-27-30(22-33(32)46-23-36(15-16-36)42-25-10-6-3-7-11-25)39-19-14-31(27)47-26-12-13-29(28(38)20-26)41-35(44)37(17-18-37)34(43)40-24-8-4-2-5-9-24/h2,4-5,8-9,12-14,19-22,25,42H,3,6-7,10-11,15-18,23H2,1H3,(H,40,43)(H,41,44). The number of methoxy groups -OCH3 is 1. The van der Waals surface area contributed by atoms with Crippen LogP contribution in [-0.4, -0.2) is 42.1 Å². The van der Waals surface area contributed by atoms with Crippen LogP contribution in [0.3, 0.4) is 0 Å². The Balaban J connectivity index is 1.02. The van der Waals surface area contributed by atoms with Gasteiger partial charge in [0.25, 0.3) is 0 Å². The number of amides is 2. The molecular formula is C37H39FN4O5. The second-order valence-electron chi connectivity index (χ2n) is 13.0. The van der Waals surface area contributed by atoms with E-state index in [9.17, 15) is 9.59 Å². The number of fused-ring (bicyclic) bond motifs is 1. The quantitative estimate of drug-likeness (QED) is 0.139. The lowest BCUT2D eigenvalue weighted by molar-refractivity contribution is -0.131. The number of carbonyl (C=O) groups is 2. The summed E-state index contributed by atoms with van der Waals surface area (Å²) in [6, 6.07) is 19.1. The summed E-state index contributed by atoms with van der Waals surface area (Å²) >= 11 is 0. The molecule has 0 saturated heterocycles. The topological polar surface area (TPSA) is 111 Å². The molecule has 47 heavy (non-hydrogen) atoms. The molecule has 1 heterocycles. The fraction of sp³-hybridized carbons (Fsp3) is 0.378. The van der Waals surface area contributed by atoms with Gasteiger partial charge < -0.3 is 30.2 Å².